The van der Waals surface area contributed by atoms with Gasteiger partial charge in [-0.1, -0.05) is 18.2 Å². The van der Waals surface area contributed by atoms with Crippen LogP contribution in [-0.2, 0) is 10.2 Å². The number of halogens is 1. The molecule has 76 valence electrons. The summed E-state index contributed by atoms with van der Waals surface area (Å²) in [6.45, 7) is 2.94. The average Bonchev–Trinajstić information content (AvgIpc) is 2.05. The van der Waals surface area contributed by atoms with E-state index in [-0.39, 0.29) is 17.3 Å². The lowest BCUT2D eigenvalue weighted by Gasteiger charge is -2.45. The molecule has 0 radical (unpaired) electrons. The van der Waals surface area contributed by atoms with E-state index >= 15 is 0 Å². The van der Waals surface area contributed by atoms with Gasteiger partial charge in [-0.25, -0.2) is 4.39 Å². The van der Waals surface area contributed by atoms with Crippen LogP contribution in [0.15, 0.2) is 24.3 Å². The van der Waals surface area contributed by atoms with Crippen LogP contribution in [-0.4, -0.2) is 19.3 Å². The van der Waals surface area contributed by atoms with E-state index in [2.05, 4.69) is 0 Å². The average molecular weight is 195 g/mol. The van der Waals surface area contributed by atoms with Gasteiger partial charge < -0.3 is 10.5 Å². The van der Waals surface area contributed by atoms with Gasteiger partial charge in [-0.2, -0.15) is 0 Å². The summed E-state index contributed by atoms with van der Waals surface area (Å²) in [4.78, 5) is 0. The van der Waals surface area contributed by atoms with Gasteiger partial charge in [0.15, 0.2) is 0 Å². The number of benzene rings is 1. The molecule has 0 spiro atoms. The Hall–Kier alpha value is -0.930. The summed E-state index contributed by atoms with van der Waals surface area (Å²) >= 11 is 0. The molecule has 1 aromatic rings. The summed E-state index contributed by atoms with van der Waals surface area (Å²) < 4.78 is 18.7. The Balaban J connectivity index is 2.42. The molecule has 3 heteroatoms. The molecule has 1 aliphatic heterocycles. The smallest absolute Gasteiger partial charge is 0.127 e. The van der Waals surface area contributed by atoms with Crippen molar-refractivity contribution in [3.63, 3.8) is 0 Å². The minimum absolute atomic E-state index is 0.0897. The molecular formula is C11H14FNO. The Morgan fingerprint density at radius 2 is 2.07 bits per heavy atom. The zero-order chi connectivity index (χ0) is 10.2. The monoisotopic (exact) mass is 195 g/mol. The van der Waals surface area contributed by atoms with Crippen LogP contribution < -0.4 is 5.73 Å². The number of nitrogens with two attached hydrogens (primary N) is 1. The van der Waals surface area contributed by atoms with E-state index in [1.807, 2.05) is 13.0 Å². The third kappa shape index (κ3) is 1.24. The van der Waals surface area contributed by atoms with Crippen molar-refractivity contribution < 1.29 is 9.13 Å². The summed E-state index contributed by atoms with van der Waals surface area (Å²) in [7, 11) is 0. The highest BCUT2D eigenvalue weighted by atomic mass is 19.1. The second kappa shape index (κ2) is 3.33. The van der Waals surface area contributed by atoms with Gasteiger partial charge in [-0.3, -0.25) is 0 Å². The topological polar surface area (TPSA) is 35.2 Å². The fourth-order valence-electron chi connectivity index (χ4n) is 1.85. The maximum absolute atomic E-state index is 13.6. The summed E-state index contributed by atoms with van der Waals surface area (Å²) in [5.74, 6) is -0.187. The summed E-state index contributed by atoms with van der Waals surface area (Å²) in [6, 6.07) is 6.70. The molecule has 0 amide bonds. The first kappa shape index (κ1) is 9.62. The van der Waals surface area contributed by atoms with Gasteiger partial charge in [0.2, 0.25) is 0 Å². The van der Waals surface area contributed by atoms with E-state index in [0.29, 0.717) is 18.8 Å². The SMILES string of the molecule is CC(N)C1(c2ccccc2F)COC1. The molecular weight excluding hydrogens is 181 g/mol. The molecule has 2 nitrogen and oxygen atoms in total. The van der Waals surface area contributed by atoms with E-state index in [4.69, 9.17) is 10.5 Å². The zero-order valence-electron chi connectivity index (χ0n) is 8.16. The third-order valence-electron chi connectivity index (χ3n) is 3.00. The number of ether oxygens (including phenoxy) is 1. The molecule has 0 saturated carbocycles. The van der Waals surface area contributed by atoms with Crippen LogP contribution in [0.2, 0.25) is 0 Å². The maximum atomic E-state index is 13.6. The number of rotatable bonds is 2. The van der Waals surface area contributed by atoms with Gasteiger partial charge in [0.05, 0.1) is 18.6 Å². The van der Waals surface area contributed by atoms with Crippen molar-refractivity contribution in [3.8, 4) is 0 Å². The van der Waals surface area contributed by atoms with Crippen LogP contribution in [0.5, 0.6) is 0 Å². The normalized spacial score (nSPS) is 21.4. The zero-order valence-corrected chi connectivity index (χ0v) is 8.16. The van der Waals surface area contributed by atoms with Gasteiger partial charge >= 0.3 is 0 Å². The molecule has 1 aliphatic rings. The van der Waals surface area contributed by atoms with Crippen LogP contribution in [0.4, 0.5) is 4.39 Å². The van der Waals surface area contributed by atoms with Gasteiger partial charge in [0, 0.05) is 11.6 Å². The fourth-order valence-corrected chi connectivity index (χ4v) is 1.85. The fraction of sp³-hybridized carbons (Fsp3) is 0.455. The molecule has 1 saturated heterocycles. The van der Waals surface area contributed by atoms with Gasteiger partial charge in [0.1, 0.15) is 5.82 Å². The highest BCUT2D eigenvalue weighted by Crippen LogP contribution is 2.36. The van der Waals surface area contributed by atoms with Crippen LogP contribution in [0.25, 0.3) is 0 Å². The Morgan fingerprint density at radius 3 is 2.50 bits per heavy atom. The minimum Gasteiger partial charge on any atom is -0.379 e. The molecule has 2 N–H and O–H groups in total. The number of hydrogen-bond donors (Lipinski definition) is 1. The minimum atomic E-state index is -0.314. The van der Waals surface area contributed by atoms with Crippen LogP contribution in [0, 0.1) is 5.82 Å². The predicted octanol–water partition coefficient (Wildman–Crippen LogP) is 1.44. The standard InChI is InChI=1S/C11H14FNO/c1-8(13)11(6-14-7-11)9-4-2-3-5-10(9)12/h2-5,8H,6-7,13H2,1H3. The van der Waals surface area contributed by atoms with Gasteiger partial charge in [0.25, 0.3) is 0 Å². The molecule has 2 rings (SSSR count). The van der Waals surface area contributed by atoms with Crippen molar-refractivity contribution in [3.05, 3.63) is 35.6 Å². The Labute approximate surface area is 82.9 Å². The van der Waals surface area contributed by atoms with E-state index < -0.39 is 0 Å². The first-order chi connectivity index (χ1) is 6.67. The van der Waals surface area contributed by atoms with Crippen molar-refractivity contribution in [2.24, 2.45) is 5.73 Å². The molecule has 1 unspecified atom stereocenters. The lowest BCUT2D eigenvalue weighted by molar-refractivity contribution is -0.0717. The third-order valence-corrected chi connectivity index (χ3v) is 3.00. The van der Waals surface area contributed by atoms with Crippen LogP contribution >= 0.6 is 0 Å². The van der Waals surface area contributed by atoms with Crippen molar-refractivity contribution in [1.82, 2.24) is 0 Å². The second-order valence-corrected chi connectivity index (χ2v) is 3.92. The molecule has 0 aromatic heterocycles. The lowest BCUT2D eigenvalue weighted by Crippen LogP contribution is -2.58. The van der Waals surface area contributed by atoms with Crippen molar-refractivity contribution >= 4 is 0 Å². The molecule has 1 heterocycles. The molecule has 0 bridgehead atoms. The van der Waals surface area contributed by atoms with Gasteiger partial charge in [-0.05, 0) is 13.0 Å². The quantitative estimate of drug-likeness (QED) is 0.775. The highest BCUT2D eigenvalue weighted by molar-refractivity contribution is 5.31. The van der Waals surface area contributed by atoms with Gasteiger partial charge in [-0.15, -0.1) is 0 Å². The molecule has 1 fully saturated rings. The molecule has 1 atom stereocenters. The predicted molar refractivity (Wildman–Crippen MR) is 52.5 cm³/mol. The maximum Gasteiger partial charge on any atom is 0.127 e. The number of hydrogen-bond acceptors (Lipinski definition) is 2. The van der Waals surface area contributed by atoms with Crippen molar-refractivity contribution in [2.45, 2.75) is 18.4 Å². The van der Waals surface area contributed by atoms with Crippen LogP contribution in [0.1, 0.15) is 12.5 Å². The Bertz CT molecular complexity index is 334. The van der Waals surface area contributed by atoms with E-state index in [0.717, 1.165) is 0 Å². The highest BCUT2D eigenvalue weighted by Gasteiger charge is 2.45. The van der Waals surface area contributed by atoms with E-state index in [9.17, 15) is 4.39 Å². The van der Waals surface area contributed by atoms with Crippen molar-refractivity contribution in [2.75, 3.05) is 13.2 Å². The first-order valence-electron chi connectivity index (χ1n) is 4.75. The van der Waals surface area contributed by atoms with Crippen molar-refractivity contribution in [1.29, 1.82) is 0 Å². The molecule has 0 aliphatic carbocycles. The second-order valence-electron chi connectivity index (χ2n) is 3.92. The Kier molecular flexibility index (Phi) is 2.29. The van der Waals surface area contributed by atoms with E-state index in [1.165, 1.54) is 6.07 Å². The van der Waals surface area contributed by atoms with Crippen LogP contribution in [0.3, 0.4) is 0 Å². The summed E-state index contributed by atoms with van der Waals surface area (Å²) in [5.41, 5.74) is 6.25. The molecule has 14 heavy (non-hydrogen) atoms. The molecule has 1 aromatic carbocycles. The Morgan fingerprint density at radius 1 is 1.43 bits per heavy atom. The largest absolute Gasteiger partial charge is 0.379 e. The summed E-state index contributed by atoms with van der Waals surface area (Å²) in [5, 5.41) is 0. The lowest BCUT2D eigenvalue weighted by atomic mass is 9.73. The first-order valence-corrected chi connectivity index (χ1v) is 4.75. The van der Waals surface area contributed by atoms with E-state index in [1.54, 1.807) is 12.1 Å². The summed E-state index contributed by atoms with van der Waals surface area (Å²) in [6.07, 6.45) is 0.